The van der Waals surface area contributed by atoms with Crippen LogP contribution in [0.15, 0.2) is 30.3 Å². The average Bonchev–Trinajstić information content (AvgIpc) is 3.07. The molecule has 274 valence electrons. The minimum absolute atomic E-state index is 0.0276. The van der Waals surface area contributed by atoms with Crippen molar-refractivity contribution in [2.24, 2.45) is 11.5 Å². The second kappa shape index (κ2) is 27.5. The fourth-order valence-corrected chi connectivity index (χ4v) is 6.01. The molecule has 2 amide bonds. The first-order valence-corrected chi connectivity index (χ1v) is 19.2. The van der Waals surface area contributed by atoms with Crippen LogP contribution in [-0.4, -0.2) is 104 Å². The van der Waals surface area contributed by atoms with Gasteiger partial charge in [0.25, 0.3) is 11.8 Å². The number of carbonyl (C=O) groups is 4. The average molecular weight is 715 g/mol. The zero-order valence-electron chi connectivity index (χ0n) is 29.1. The molecule has 0 aliphatic heterocycles. The summed E-state index contributed by atoms with van der Waals surface area (Å²) in [5.41, 5.74) is 13.4. The summed E-state index contributed by atoms with van der Waals surface area (Å²) in [4.78, 5) is 49.8. The molecule has 0 aliphatic rings. The molecule has 0 radical (unpaired) electrons. The molecular formula is C34H58N4O8S2. The molecule has 6 N–H and O–H groups in total. The molecule has 0 aliphatic carbocycles. The summed E-state index contributed by atoms with van der Waals surface area (Å²) in [6.45, 7) is 6.77. The summed E-state index contributed by atoms with van der Waals surface area (Å²) >= 11 is 3.50. The monoisotopic (exact) mass is 714 g/mol. The molecule has 0 bridgehead atoms. The van der Waals surface area contributed by atoms with Gasteiger partial charge in [0.1, 0.15) is 6.61 Å². The fourth-order valence-electron chi connectivity index (χ4n) is 4.55. The van der Waals surface area contributed by atoms with Crippen LogP contribution in [0.2, 0.25) is 0 Å². The Bertz CT molecular complexity index is 1040. The maximum absolute atomic E-state index is 13.1. The van der Waals surface area contributed by atoms with Crippen molar-refractivity contribution in [3.63, 3.8) is 0 Å². The van der Waals surface area contributed by atoms with Crippen LogP contribution in [0.4, 0.5) is 0 Å². The number of amides is 2. The van der Waals surface area contributed by atoms with Crippen LogP contribution in [0, 0.1) is 0 Å². The highest BCUT2D eigenvalue weighted by molar-refractivity contribution is 7.99. The maximum Gasteiger partial charge on any atom is 0.307 e. The predicted molar refractivity (Wildman–Crippen MR) is 193 cm³/mol. The minimum atomic E-state index is -0.891. The summed E-state index contributed by atoms with van der Waals surface area (Å²) in [7, 11) is 1.46. The molecule has 0 heterocycles. The number of hydrogen-bond acceptors (Lipinski definition) is 12. The lowest BCUT2D eigenvalue weighted by molar-refractivity contribution is -0.145. The Morgan fingerprint density at radius 3 is 1.98 bits per heavy atom. The van der Waals surface area contributed by atoms with Gasteiger partial charge < -0.3 is 41.0 Å². The molecule has 0 saturated heterocycles. The number of nitrogens with one attached hydrogen (secondary N) is 2. The smallest absolute Gasteiger partial charge is 0.307 e. The van der Waals surface area contributed by atoms with Crippen molar-refractivity contribution in [2.45, 2.75) is 103 Å². The molecule has 48 heavy (non-hydrogen) atoms. The van der Waals surface area contributed by atoms with Gasteiger partial charge in [-0.1, -0.05) is 44.2 Å². The lowest BCUT2D eigenvalue weighted by Gasteiger charge is -2.27. The molecule has 14 heteroatoms. The molecular weight excluding hydrogens is 657 g/mol. The van der Waals surface area contributed by atoms with E-state index in [4.69, 9.17) is 30.4 Å². The quantitative estimate of drug-likeness (QED) is 0.0737. The van der Waals surface area contributed by atoms with Gasteiger partial charge in [0.15, 0.2) is 12.2 Å². The van der Waals surface area contributed by atoms with Crippen LogP contribution in [0.1, 0.15) is 71.3 Å². The van der Waals surface area contributed by atoms with Crippen LogP contribution >= 0.6 is 23.5 Å². The van der Waals surface area contributed by atoms with E-state index in [1.807, 2.05) is 37.3 Å². The van der Waals surface area contributed by atoms with Gasteiger partial charge in [-0.2, -0.15) is 23.5 Å². The number of hydrogen-bond donors (Lipinski definition) is 4. The Morgan fingerprint density at radius 1 is 0.771 bits per heavy atom. The molecule has 0 fully saturated rings. The van der Waals surface area contributed by atoms with Crippen molar-refractivity contribution in [1.29, 1.82) is 0 Å². The lowest BCUT2D eigenvalue weighted by atomic mass is 10.1. The van der Waals surface area contributed by atoms with E-state index in [2.05, 4.69) is 24.5 Å². The number of ether oxygens (including phenoxy) is 4. The van der Waals surface area contributed by atoms with Crippen molar-refractivity contribution < 1.29 is 38.1 Å². The number of benzene rings is 1. The fraction of sp³-hybridized carbons (Fsp3) is 0.706. The lowest BCUT2D eigenvalue weighted by Crippen LogP contribution is -2.50. The van der Waals surface area contributed by atoms with Crippen molar-refractivity contribution in [1.82, 2.24) is 10.6 Å². The normalized spacial score (nSPS) is 14.3. The number of methoxy groups -OCH3 is 1. The molecule has 0 aromatic heterocycles. The van der Waals surface area contributed by atoms with Gasteiger partial charge in [-0.15, -0.1) is 0 Å². The summed E-state index contributed by atoms with van der Waals surface area (Å²) in [6.07, 6.45) is 1.02. The van der Waals surface area contributed by atoms with E-state index in [-0.39, 0.29) is 56.5 Å². The van der Waals surface area contributed by atoms with Crippen LogP contribution in [0.5, 0.6) is 0 Å². The van der Waals surface area contributed by atoms with Crippen molar-refractivity contribution >= 4 is 47.3 Å². The molecule has 0 saturated carbocycles. The number of carbonyl (C=O) groups excluding carboxylic acids is 4. The van der Waals surface area contributed by atoms with Crippen LogP contribution in [0.25, 0.3) is 0 Å². The Kier molecular flexibility index (Phi) is 25.0. The topological polar surface area (TPSA) is 181 Å². The van der Waals surface area contributed by atoms with Crippen molar-refractivity contribution in [3.05, 3.63) is 35.9 Å². The molecule has 1 aromatic carbocycles. The first-order chi connectivity index (χ1) is 23.1. The van der Waals surface area contributed by atoms with Gasteiger partial charge in [-0.05, 0) is 67.6 Å². The molecule has 3 unspecified atom stereocenters. The third-order valence-corrected chi connectivity index (χ3v) is 9.14. The Hall–Kier alpha value is -2.36. The largest absolute Gasteiger partial charge is 0.466 e. The van der Waals surface area contributed by atoms with Gasteiger partial charge >= 0.3 is 11.9 Å². The second-order valence-corrected chi connectivity index (χ2v) is 14.1. The highest BCUT2D eigenvalue weighted by atomic mass is 32.2. The summed E-state index contributed by atoms with van der Waals surface area (Å²) < 4.78 is 22.0. The highest BCUT2D eigenvalue weighted by Crippen LogP contribution is 2.13. The molecule has 1 aromatic rings. The van der Waals surface area contributed by atoms with Crippen LogP contribution < -0.4 is 22.1 Å². The van der Waals surface area contributed by atoms with E-state index in [0.717, 1.165) is 28.6 Å². The number of thioether (sulfide) groups is 2. The Morgan fingerprint density at radius 2 is 1.35 bits per heavy atom. The third kappa shape index (κ3) is 20.2. The minimum Gasteiger partial charge on any atom is -0.466 e. The highest BCUT2D eigenvalue weighted by Gasteiger charge is 2.28. The Balaban J connectivity index is 2.39. The van der Waals surface area contributed by atoms with E-state index in [9.17, 15) is 19.2 Å². The zero-order valence-corrected chi connectivity index (χ0v) is 30.8. The van der Waals surface area contributed by atoms with Gasteiger partial charge in [0.05, 0.1) is 19.1 Å². The maximum atomic E-state index is 13.1. The SMILES string of the molecule is CCSCC[C@@H](N)C(OC)C(=O)NCCCC(=O)OCCCC(C)OC(C(=O)NCCC(=O)OCc1ccccc1)[C@H](N)CCSCC. The zero-order chi connectivity index (χ0) is 35.6. The summed E-state index contributed by atoms with van der Waals surface area (Å²) in [6, 6.07) is 8.45. The van der Waals surface area contributed by atoms with Crippen LogP contribution in [0.3, 0.4) is 0 Å². The molecule has 1 rings (SSSR count). The van der Waals surface area contributed by atoms with E-state index in [0.29, 0.717) is 38.6 Å². The van der Waals surface area contributed by atoms with Gasteiger partial charge in [-0.25, -0.2) is 0 Å². The third-order valence-electron chi connectivity index (χ3n) is 7.27. The molecule has 0 spiro atoms. The predicted octanol–water partition coefficient (Wildman–Crippen LogP) is 3.19. The van der Waals surface area contributed by atoms with Gasteiger partial charge in [0, 0.05) is 38.7 Å². The van der Waals surface area contributed by atoms with E-state index < -0.39 is 30.3 Å². The van der Waals surface area contributed by atoms with Gasteiger partial charge in [-0.3, -0.25) is 19.2 Å². The first kappa shape index (κ1) is 43.7. The second-order valence-electron chi connectivity index (χ2n) is 11.3. The Labute approximate surface area is 295 Å². The number of rotatable bonds is 28. The number of nitrogens with two attached hydrogens (primary N) is 2. The number of esters is 2. The van der Waals surface area contributed by atoms with E-state index >= 15 is 0 Å². The molecule has 12 nitrogen and oxygen atoms in total. The van der Waals surface area contributed by atoms with E-state index in [1.54, 1.807) is 23.5 Å². The summed E-state index contributed by atoms with van der Waals surface area (Å²) in [5, 5.41) is 5.55. The first-order valence-electron chi connectivity index (χ1n) is 16.9. The van der Waals surface area contributed by atoms with Crippen molar-refractivity contribution in [2.75, 3.05) is 49.8 Å². The van der Waals surface area contributed by atoms with Crippen molar-refractivity contribution in [3.8, 4) is 0 Å². The summed E-state index contributed by atoms with van der Waals surface area (Å²) in [5.74, 6) is 2.16. The molecule has 5 atom stereocenters. The van der Waals surface area contributed by atoms with E-state index in [1.165, 1.54) is 7.11 Å². The van der Waals surface area contributed by atoms with Crippen LogP contribution in [-0.2, 0) is 44.7 Å². The standard InChI is InChI=1S/C34H58N4O8S2/c1-5-47-22-17-27(35)31(43-4)33(41)37-19-10-15-29(39)44-21-11-12-25(3)46-32(28(36)18-23-48-6-2)34(42)38-20-16-30(40)45-24-26-13-8-7-9-14-26/h7-9,13-14,25,27-28,31-32H,5-6,10-12,15-24,35-36H2,1-4H3,(H,37,41)(H,38,42)/t25?,27-,28-,31?,32?/m1/s1. The van der Waals surface area contributed by atoms with Gasteiger partial charge in [0.2, 0.25) is 0 Å².